The van der Waals surface area contributed by atoms with Gasteiger partial charge in [-0.15, -0.1) is 0 Å². The van der Waals surface area contributed by atoms with E-state index in [0.29, 0.717) is 11.3 Å². The van der Waals surface area contributed by atoms with Crippen LogP contribution in [0.5, 0.6) is 5.75 Å². The van der Waals surface area contributed by atoms with Crippen molar-refractivity contribution in [3.05, 3.63) is 33.4 Å². The van der Waals surface area contributed by atoms with Crippen LogP contribution in [0.25, 0.3) is 0 Å². The first kappa shape index (κ1) is 12.1. The highest BCUT2D eigenvalue weighted by atomic mass is 16.6. The summed E-state index contributed by atoms with van der Waals surface area (Å²) in [6.45, 7) is 0.767. The lowest BCUT2D eigenvalue weighted by Crippen LogP contribution is -2.10. The summed E-state index contributed by atoms with van der Waals surface area (Å²) in [7, 11) is 1.40. The van der Waals surface area contributed by atoms with E-state index in [9.17, 15) is 14.9 Å². The Hall–Kier alpha value is -1.95. The zero-order chi connectivity index (χ0) is 12.3. The van der Waals surface area contributed by atoms with Gasteiger partial charge in [-0.05, 0) is 13.0 Å². The summed E-state index contributed by atoms with van der Waals surface area (Å²) in [4.78, 5) is 21.5. The van der Waals surface area contributed by atoms with E-state index in [-0.39, 0.29) is 11.3 Å². The predicted octanol–water partition coefficient (Wildman–Crippen LogP) is 1.09. The molecule has 0 saturated heterocycles. The highest BCUT2D eigenvalue weighted by Crippen LogP contribution is 2.29. The van der Waals surface area contributed by atoms with Gasteiger partial charge >= 0.3 is 0 Å². The van der Waals surface area contributed by atoms with E-state index >= 15 is 0 Å². The molecule has 0 aliphatic carbocycles. The minimum absolute atomic E-state index is 0.105. The normalized spacial score (nSPS) is 9.94. The lowest BCUT2D eigenvalue weighted by molar-refractivity contribution is -0.385. The van der Waals surface area contributed by atoms with Crippen molar-refractivity contribution in [3.8, 4) is 5.75 Å². The summed E-state index contributed by atoms with van der Waals surface area (Å²) < 4.78 is 4.96. The van der Waals surface area contributed by atoms with Gasteiger partial charge in [0.2, 0.25) is 0 Å². The number of nitro benzene ring substituents is 1. The van der Waals surface area contributed by atoms with Gasteiger partial charge in [0.05, 0.1) is 12.0 Å². The Morgan fingerprint density at radius 1 is 1.56 bits per heavy atom. The molecule has 0 heterocycles. The third-order valence-corrected chi connectivity index (χ3v) is 2.23. The number of ether oxygens (including phenoxy) is 1. The van der Waals surface area contributed by atoms with Gasteiger partial charge < -0.3 is 9.84 Å². The van der Waals surface area contributed by atoms with Crippen molar-refractivity contribution in [3.63, 3.8) is 0 Å². The van der Waals surface area contributed by atoms with Gasteiger partial charge in [-0.25, -0.2) is 0 Å². The second-order valence-corrected chi connectivity index (χ2v) is 3.13. The van der Waals surface area contributed by atoms with E-state index in [1.165, 1.54) is 26.2 Å². The molecule has 1 aromatic carbocycles. The van der Waals surface area contributed by atoms with E-state index in [4.69, 9.17) is 9.84 Å². The number of methoxy groups -OCH3 is 1. The fourth-order valence-electron chi connectivity index (χ4n) is 1.48. The van der Waals surface area contributed by atoms with E-state index in [2.05, 4.69) is 0 Å². The molecule has 1 aromatic rings. The number of carbonyl (C=O) groups excluding carboxylic acids is 1. The minimum Gasteiger partial charge on any atom is -0.496 e. The van der Waals surface area contributed by atoms with Gasteiger partial charge in [-0.1, -0.05) is 0 Å². The number of aliphatic hydroxyl groups is 1. The fraction of sp³-hybridized carbons (Fsp3) is 0.300. The lowest BCUT2D eigenvalue weighted by atomic mass is 10.0. The number of carbonyl (C=O) groups is 1. The molecule has 16 heavy (non-hydrogen) atoms. The number of hydrogen-bond donors (Lipinski definition) is 1. The van der Waals surface area contributed by atoms with Crippen LogP contribution in [0.3, 0.4) is 0 Å². The largest absolute Gasteiger partial charge is 0.496 e. The Morgan fingerprint density at radius 2 is 2.19 bits per heavy atom. The van der Waals surface area contributed by atoms with Crippen molar-refractivity contribution in [1.82, 2.24) is 0 Å². The molecule has 0 saturated carbocycles. The first-order valence-electron chi connectivity index (χ1n) is 4.49. The van der Waals surface area contributed by atoms with Crippen molar-refractivity contribution >= 4 is 11.5 Å². The maximum atomic E-state index is 11.4. The topological polar surface area (TPSA) is 89.7 Å². The average molecular weight is 225 g/mol. The third-order valence-electron chi connectivity index (χ3n) is 2.23. The summed E-state index contributed by atoms with van der Waals surface area (Å²) in [6.07, 6.45) is 0. The predicted molar refractivity (Wildman–Crippen MR) is 55.8 cm³/mol. The van der Waals surface area contributed by atoms with Crippen LogP contribution < -0.4 is 4.74 Å². The van der Waals surface area contributed by atoms with Crippen molar-refractivity contribution in [2.75, 3.05) is 13.7 Å². The van der Waals surface area contributed by atoms with E-state index in [0.717, 1.165) is 0 Å². The van der Waals surface area contributed by atoms with Crippen LogP contribution in [0, 0.1) is 17.0 Å². The highest BCUT2D eigenvalue weighted by Gasteiger charge is 2.23. The van der Waals surface area contributed by atoms with Crippen LogP contribution >= 0.6 is 0 Å². The second-order valence-electron chi connectivity index (χ2n) is 3.13. The number of Topliss-reactive ketones (excluding diaryl/α,β-unsaturated/α-hetero) is 1. The molecule has 0 unspecified atom stereocenters. The number of benzene rings is 1. The van der Waals surface area contributed by atoms with Gasteiger partial charge in [-0.3, -0.25) is 14.9 Å². The highest BCUT2D eigenvalue weighted by molar-refractivity contribution is 6.02. The van der Waals surface area contributed by atoms with Crippen LogP contribution in [0.2, 0.25) is 0 Å². The van der Waals surface area contributed by atoms with Crippen molar-refractivity contribution < 1.29 is 19.6 Å². The van der Waals surface area contributed by atoms with Crippen LogP contribution in [-0.2, 0) is 0 Å². The van der Waals surface area contributed by atoms with Crippen molar-refractivity contribution in [2.45, 2.75) is 6.92 Å². The molecule has 0 fully saturated rings. The molecular formula is C10H11NO5. The van der Waals surface area contributed by atoms with Crippen LogP contribution in [-0.4, -0.2) is 29.5 Å². The minimum atomic E-state index is -0.769. The van der Waals surface area contributed by atoms with Crippen LogP contribution in [0.15, 0.2) is 12.1 Å². The van der Waals surface area contributed by atoms with E-state index < -0.39 is 17.3 Å². The number of ketones is 1. The van der Waals surface area contributed by atoms with Gasteiger partial charge in [-0.2, -0.15) is 0 Å². The quantitative estimate of drug-likeness (QED) is 0.470. The number of nitrogens with zero attached hydrogens (tertiary/aromatic N) is 1. The number of aliphatic hydroxyl groups excluding tert-OH is 1. The van der Waals surface area contributed by atoms with E-state index in [1.807, 2.05) is 0 Å². The molecule has 0 aliphatic rings. The number of nitro groups is 1. The smallest absolute Gasteiger partial charge is 0.280 e. The van der Waals surface area contributed by atoms with Crippen LogP contribution in [0.4, 0.5) is 5.69 Å². The zero-order valence-corrected chi connectivity index (χ0v) is 8.89. The molecule has 1 rings (SSSR count). The third kappa shape index (κ3) is 2.01. The molecule has 0 bridgehead atoms. The zero-order valence-electron chi connectivity index (χ0n) is 8.89. The molecular weight excluding hydrogens is 214 g/mol. The first-order valence-corrected chi connectivity index (χ1v) is 4.49. The maximum absolute atomic E-state index is 11.4. The summed E-state index contributed by atoms with van der Waals surface area (Å²) in [5.41, 5.74) is -0.0695. The fourth-order valence-corrected chi connectivity index (χ4v) is 1.48. The van der Waals surface area contributed by atoms with Gasteiger partial charge in [0, 0.05) is 11.6 Å². The SMILES string of the molecule is COc1ccc([N+](=O)[O-])c(C(=O)CO)c1C. The monoisotopic (exact) mass is 225 g/mol. The molecule has 0 radical (unpaired) electrons. The molecule has 0 spiro atoms. The van der Waals surface area contributed by atoms with Gasteiger partial charge in [0.25, 0.3) is 5.69 Å². The Kier molecular flexibility index (Phi) is 3.57. The first-order chi connectivity index (χ1) is 7.52. The summed E-state index contributed by atoms with van der Waals surface area (Å²) >= 11 is 0. The summed E-state index contributed by atoms with van der Waals surface area (Å²) in [5, 5.41) is 19.5. The Bertz CT molecular complexity index is 441. The number of hydrogen-bond acceptors (Lipinski definition) is 5. The standard InChI is InChI=1S/C10H11NO5/c1-6-9(16-2)4-3-7(11(14)15)10(6)8(13)5-12/h3-4,12H,5H2,1-2H3. The van der Waals surface area contributed by atoms with Crippen LogP contribution in [0.1, 0.15) is 15.9 Å². The van der Waals surface area contributed by atoms with Gasteiger partial charge in [0.15, 0.2) is 5.78 Å². The van der Waals surface area contributed by atoms with E-state index in [1.54, 1.807) is 0 Å². The molecule has 0 aromatic heterocycles. The summed E-state index contributed by atoms with van der Waals surface area (Å²) in [6, 6.07) is 2.61. The number of rotatable bonds is 4. The summed E-state index contributed by atoms with van der Waals surface area (Å²) in [5.74, 6) is -0.314. The molecule has 0 aliphatic heterocycles. The molecule has 86 valence electrons. The van der Waals surface area contributed by atoms with Gasteiger partial charge in [0.1, 0.15) is 17.9 Å². The molecule has 0 amide bonds. The Labute approximate surface area is 91.6 Å². The van der Waals surface area contributed by atoms with Crippen molar-refractivity contribution in [1.29, 1.82) is 0 Å². The second kappa shape index (κ2) is 4.71. The lowest BCUT2D eigenvalue weighted by Gasteiger charge is -2.08. The molecule has 6 heteroatoms. The average Bonchev–Trinajstić information content (AvgIpc) is 2.27. The Morgan fingerprint density at radius 3 is 2.62 bits per heavy atom. The molecule has 6 nitrogen and oxygen atoms in total. The Balaban J connectivity index is 3.48. The molecule has 0 atom stereocenters. The molecule has 1 N–H and O–H groups in total. The van der Waals surface area contributed by atoms with Crippen molar-refractivity contribution in [2.24, 2.45) is 0 Å². The maximum Gasteiger partial charge on any atom is 0.280 e.